The quantitative estimate of drug-likeness (QED) is 0.845. The Morgan fingerprint density at radius 2 is 1.95 bits per heavy atom. The van der Waals surface area contributed by atoms with Crippen LogP contribution in [-0.2, 0) is 14.8 Å². The average Bonchev–Trinajstić information content (AvgIpc) is 2.75. The maximum atomic E-state index is 12.7. The second kappa shape index (κ2) is 6.98. The van der Waals surface area contributed by atoms with Crippen molar-refractivity contribution in [1.29, 1.82) is 0 Å². The highest BCUT2D eigenvalue weighted by atomic mass is 35.5. The van der Waals surface area contributed by atoms with E-state index in [1.54, 1.807) is 17.0 Å². The Kier molecular flexibility index (Phi) is 5.47. The summed E-state index contributed by atoms with van der Waals surface area (Å²) in [5, 5.41) is 0.443. The largest absolute Gasteiger partial charge is 0.341 e. The molecule has 0 atom stereocenters. The molecule has 1 aliphatic rings. The summed E-state index contributed by atoms with van der Waals surface area (Å²) in [5.74, 6) is 0.0672. The maximum absolute atomic E-state index is 12.7. The third kappa shape index (κ3) is 3.62. The number of hydrogen-bond acceptors (Lipinski definition) is 3. The molecule has 5 nitrogen and oxygen atoms in total. The second-order valence-corrected chi connectivity index (χ2v) is 7.75. The van der Waals surface area contributed by atoms with E-state index in [0.29, 0.717) is 44.0 Å². The molecule has 122 valence electrons. The lowest BCUT2D eigenvalue weighted by Gasteiger charge is -2.21. The van der Waals surface area contributed by atoms with E-state index >= 15 is 0 Å². The molecule has 0 radical (unpaired) electrons. The SMILES string of the molecule is CCC(=O)N1CCCN(S(=O)(=O)c2ccc(C)c(Cl)c2)CC1. The minimum Gasteiger partial charge on any atom is -0.341 e. The number of aryl methyl sites for hydroxylation is 1. The standard InChI is InChI=1S/C15H21ClN2O3S/c1-3-15(19)17-7-4-8-18(10-9-17)22(20,21)13-6-5-12(2)14(16)11-13/h5-6,11H,3-4,7-10H2,1-2H3. The third-order valence-electron chi connectivity index (χ3n) is 3.89. The fourth-order valence-electron chi connectivity index (χ4n) is 2.49. The maximum Gasteiger partial charge on any atom is 0.243 e. The lowest BCUT2D eigenvalue weighted by molar-refractivity contribution is -0.130. The van der Waals surface area contributed by atoms with Crippen molar-refractivity contribution in [3.8, 4) is 0 Å². The van der Waals surface area contributed by atoms with Crippen LogP contribution in [0.2, 0.25) is 5.02 Å². The monoisotopic (exact) mass is 344 g/mol. The summed E-state index contributed by atoms with van der Waals surface area (Å²) in [6.07, 6.45) is 1.09. The predicted molar refractivity (Wildman–Crippen MR) is 86.4 cm³/mol. The summed E-state index contributed by atoms with van der Waals surface area (Å²) in [7, 11) is -3.57. The molecule has 1 aliphatic heterocycles. The van der Waals surface area contributed by atoms with Crippen molar-refractivity contribution >= 4 is 27.5 Å². The number of halogens is 1. The summed E-state index contributed by atoms with van der Waals surface area (Å²) >= 11 is 6.04. The van der Waals surface area contributed by atoms with Crippen LogP contribution in [0.1, 0.15) is 25.3 Å². The van der Waals surface area contributed by atoms with Gasteiger partial charge in [-0.15, -0.1) is 0 Å². The zero-order chi connectivity index (χ0) is 16.3. The van der Waals surface area contributed by atoms with Crippen LogP contribution in [0, 0.1) is 6.92 Å². The predicted octanol–water partition coefficient (Wildman–Crippen LogP) is 2.28. The first kappa shape index (κ1) is 17.2. The van der Waals surface area contributed by atoms with Gasteiger partial charge in [0, 0.05) is 37.6 Å². The molecule has 1 aromatic carbocycles. The summed E-state index contributed by atoms with van der Waals surface area (Å²) in [6.45, 7) is 5.43. The van der Waals surface area contributed by atoms with E-state index in [-0.39, 0.29) is 10.8 Å². The number of carbonyl (C=O) groups is 1. The first-order valence-electron chi connectivity index (χ1n) is 7.40. The second-order valence-electron chi connectivity index (χ2n) is 5.40. The molecule has 1 fully saturated rings. The van der Waals surface area contributed by atoms with Crippen LogP contribution in [0.3, 0.4) is 0 Å². The smallest absolute Gasteiger partial charge is 0.243 e. The highest BCUT2D eigenvalue weighted by Crippen LogP contribution is 2.23. The number of benzene rings is 1. The van der Waals surface area contributed by atoms with Crippen molar-refractivity contribution in [2.45, 2.75) is 31.6 Å². The van der Waals surface area contributed by atoms with E-state index in [9.17, 15) is 13.2 Å². The molecule has 0 aromatic heterocycles. The Morgan fingerprint density at radius 1 is 1.23 bits per heavy atom. The minimum absolute atomic E-state index is 0.0672. The highest BCUT2D eigenvalue weighted by Gasteiger charge is 2.28. The number of rotatable bonds is 3. The van der Waals surface area contributed by atoms with E-state index in [0.717, 1.165) is 5.56 Å². The Bertz CT molecular complexity index is 661. The van der Waals surface area contributed by atoms with Crippen LogP contribution in [0.15, 0.2) is 23.1 Å². The zero-order valence-corrected chi connectivity index (χ0v) is 14.5. The van der Waals surface area contributed by atoms with E-state index in [2.05, 4.69) is 0 Å². The van der Waals surface area contributed by atoms with Crippen LogP contribution < -0.4 is 0 Å². The van der Waals surface area contributed by atoms with Gasteiger partial charge in [0.2, 0.25) is 15.9 Å². The lowest BCUT2D eigenvalue weighted by Crippen LogP contribution is -2.37. The van der Waals surface area contributed by atoms with Gasteiger partial charge in [-0.1, -0.05) is 24.6 Å². The van der Waals surface area contributed by atoms with Crippen LogP contribution in [-0.4, -0.2) is 49.7 Å². The van der Waals surface area contributed by atoms with Gasteiger partial charge in [0.1, 0.15) is 0 Å². The van der Waals surface area contributed by atoms with Crippen molar-refractivity contribution in [2.75, 3.05) is 26.2 Å². The highest BCUT2D eigenvalue weighted by molar-refractivity contribution is 7.89. The van der Waals surface area contributed by atoms with Gasteiger partial charge < -0.3 is 4.90 Å². The van der Waals surface area contributed by atoms with Gasteiger partial charge in [-0.25, -0.2) is 8.42 Å². The first-order chi connectivity index (χ1) is 10.4. The molecule has 0 unspecified atom stereocenters. The van der Waals surface area contributed by atoms with Crippen LogP contribution in [0.4, 0.5) is 0 Å². The summed E-state index contributed by atoms with van der Waals surface area (Å²) in [4.78, 5) is 13.7. The van der Waals surface area contributed by atoms with Crippen molar-refractivity contribution in [1.82, 2.24) is 9.21 Å². The molecule has 2 rings (SSSR count). The van der Waals surface area contributed by atoms with Crippen LogP contribution in [0.25, 0.3) is 0 Å². The molecule has 1 amide bonds. The van der Waals surface area contributed by atoms with Gasteiger partial charge in [-0.3, -0.25) is 4.79 Å². The van der Waals surface area contributed by atoms with Gasteiger partial charge in [0.15, 0.2) is 0 Å². The Hall–Kier alpha value is -1.11. The Labute approximate surface area is 136 Å². The zero-order valence-electron chi connectivity index (χ0n) is 12.9. The topological polar surface area (TPSA) is 57.7 Å². The number of sulfonamides is 1. The van der Waals surface area contributed by atoms with E-state index in [4.69, 9.17) is 11.6 Å². The molecule has 0 N–H and O–H groups in total. The minimum atomic E-state index is -3.57. The van der Waals surface area contributed by atoms with E-state index in [1.807, 2.05) is 13.8 Å². The number of nitrogens with zero attached hydrogens (tertiary/aromatic N) is 2. The Morgan fingerprint density at radius 3 is 2.59 bits per heavy atom. The number of hydrogen-bond donors (Lipinski definition) is 0. The molecule has 22 heavy (non-hydrogen) atoms. The molecule has 0 spiro atoms. The molecule has 1 heterocycles. The van der Waals surface area contributed by atoms with Crippen molar-refractivity contribution < 1.29 is 13.2 Å². The summed E-state index contributed by atoms with van der Waals surface area (Å²) in [6, 6.07) is 4.78. The fraction of sp³-hybridized carbons (Fsp3) is 0.533. The van der Waals surface area contributed by atoms with Crippen molar-refractivity contribution in [3.63, 3.8) is 0 Å². The summed E-state index contributed by atoms with van der Waals surface area (Å²) < 4.78 is 26.9. The third-order valence-corrected chi connectivity index (χ3v) is 6.19. The fourth-order valence-corrected chi connectivity index (χ4v) is 4.23. The summed E-state index contributed by atoms with van der Waals surface area (Å²) in [5.41, 5.74) is 0.844. The van der Waals surface area contributed by atoms with Gasteiger partial charge in [0.05, 0.1) is 4.90 Å². The van der Waals surface area contributed by atoms with Crippen molar-refractivity contribution in [3.05, 3.63) is 28.8 Å². The first-order valence-corrected chi connectivity index (χ1v) is 9.22. The van der Waals surface area contributed by atoms with Crippen LogP contribution in [0.5, 0.6) is 0 Å². The molecule has 7 heteroatoms. The number of amides is 1. The number of carbonyl (C=O) groups excluding carboxylic acids is 1. The van der Waals surface area contributed by atoms with Gasteiger partial charge >= 0.3 is 0 Å². The average molecular weight is 345 g/mol. The normalized spacial score (nSPS) is 17.3. The molecule has 1 saturated heterocycles. The molecule has 0 saturated carbocycles. The van der Waals surface area contributed by atoms with Crippen LogP contribution >= 0.6 is 11.6 Å². The molecule has 1 aromatic rings. The molecular formula is C15H21ClN2O3S. The molecular weight excluding hydrogens is 324 g/mol. The van der Waals surface area contributed by atoms with E-state index < -0.39 is 10.0 Å². The Balaban J connectivity index is 2.19. The molecule has 0 bridgehead atoms. The lowest BCUT2D eigenvalue weighted by atomic mass is 10.2. The van der Waals surface area contributed by atoms with Crippen molar-refractivity contribution in [2.24, 2.45) is 0 Å². The van der Waals surface area contributed by atoms with Gasteiger partial charge in [0.25, 0.3) is 0 Å². The van der Waals surface area contributed by atoms with Gasteiger partial charge in [-0.05, 0) is 31.0 Å². The van der Waals surface area contributed by atoms with Gasteiger partial charge in [-0.2, -0.15) is 4.31 Å². The molecule has 0 aliphatic carbocycles. The van der Waals surface area contributed by atoms with E-state index in [1.165, 1.54) is 10.4 Å².